The molecule has 0 bridgehead atoms. The number of hydrogen-bond acceptors (Lipinski definition) is 3. The van der Waals surface area contributed by atoms with Crippen molar-refractivity contribution in [2.45, 2.75) is 0 Å². The molecule has 0 saturated carbocycles. The first-order chi connectivity index (χ1) is 8.72. The summed E-state index contributed by atoms with van der Waals surface area (Å²) >= 11 is 0. The number of halogens is 1. The largest absolute Gasteiger partial charge is 0.397 e. The second-order valence-electron chi connectivity index (χ2n) is 3.99. The van der Waals surface area contributed by atoms with E-state index >= 15 is 0 Å². The van der Waals surface area contributed by atoms with Crippen LogP contribution < -0.4 is 11.1 Å². The number of anilines is 3. The van der Waals surface area contributed by atoms with Gasteiger partial charge < -0.3 is 16.0 Å². The van der Waals surface area contributed by atoms with E-state index < -0.39 is 0 Å². The van der Waals surface area contributed by atoms with Crippen LogP contribution in [0.3, 0.4) is 0 Å². The first-order valence-corrected chi connectivity index (χ1v) is 5.47. The van der Waals surface area contributed by atoms with Crippen LogP contribution in [0.5, 0.6) is 0 Å². The Morgan fingerprint density at radius 3 is 2.89 bits per heavy atom. The number of nitrogens with one attached hydrogen (secondary N) is 2. The highest BCUT2D eigenvalue weighted by molar-refractivity contribution is 5.81. The average molecular weight is 242 g/mol. The summed E-state index contributed by atoms with van der Waals surface area (Å²) in [5.41, 5.74) is 9.48. The Morgan fingerprint density at radius 1 is 1.17 bits per heavy atom. The van der Waals surface area contributed by atoms with E-state index in [-0.39, 0.29) is 5.82 Å². The maximum atomic E-state index is 12.9. The van der Waals surface area contributed by atoms with Crippen LogP contribution in [0.25, 0.3) is 11.0 Å². The molecule has 1 aromatic heterocycles. The van der Waals surface area contributed by atoms with E-state index in [1.54, 1.807) is 12.4 Å². The molecule has 0 spiro atoms. The van der Waals surface area contributed by atoms with Crippen LogP contribution in [-0.2, 0) is 0 Å². The van der Waals surface area contributed by atoms with Crippen LogP contribution in [0.4, 0.5) is 21.5 Å². The third-order valence-corrected chi connectivity index (χ3v) is 2.71. The molecule has 4 N–H and O–H groups in total. The number of hydrogen-bond donors (Lipinski definition) is 3. The SMILES string of the molecule is Nc1cc(F)ccc1Nc1ccc2nc[nH]c2c1. The van der Waals surface area contributed by atoms with E-state index in [2.05, 4.69) is 15.3 Å². The highest BCUT2D eigenvalue weighted by Gasteiger charge is 2.03. The van der Waals surface area contributed by atoms with E-state index in [0.717, 1.165) is 16.7 Å². The van der Waals surface area contributed by atoms with Gasteiger partial charge in [-0.2, -0.15) is 0 Å². The maximum absolute atomic E-state index is 12.9. The fraction of sp³-hybridized carbons (Fsp3) is 0. The van der Waals surface area contributed by atoms with Crippen LogP contribution in [-0.4, -0.2) is 9.97 Å². The highest BCUT2D eigenvalue weighted by atomic mass is 19.1. The molecule has 0 aliphatic heterocycles. The zero-order valence-corrected chi connectivity index (χ0v) is 9.44. The molecule has 0 atom stereocenters. The predicted molar refractivity (Wildman–Crippen MR) is 70.2 cm³/mol. The lowest BCUT2D eigenvalue weighted by atomic mass is 10.2. The molecule has 90 valence electrons. The number of fused-ring (bicyclic) bond motifs is 1. The number of H-pyrrole nitrogens is 1. The van der Waals surface area contributed by atoms with Gasteiger partial charge in [0.25, 0.3) is 0 Å². The number of aromatic nitrogens is 2. The lowest BCUT2D eigenvalue weighted by Gasteiger charge is -2.09. The minimum Gasteiger partial charge on any atom is -0.397 e. The van der Waals surface area contributed by atoms with Gasteiger partial charge in [-0.25, -0.2) is 9.37 Å². The zero-order valence-electron chi connectivity index (χ0n) is 9.44. The highest BCUT2D eigenvalue weighted by Crippen LogP contribution is 2.25. The van der Waals surface area contributed by atoms with E-state index in [1.807, 2.05) is 18.2 Å². The molecule has 2 aromatic carbocycles. The zero-order chi connectivity index (χ0) is 12.5. The molecule has 0 radical (unpaired) electrons. The van der Waals surface area contributed by atoms with Gasteiger partial charge in [-0.05, 0) is 36.4 Å². The number of nitrogens with zero attached hydrogens (tertiary/aromatic N) is 1. The predicted octanol–water partition coefficient (Wildman–Crippen LogP) is 3.03. The lowest BCUT2D eigenvalue weighted by Crippen LogP contribution is -1.96. The van der Waals surface area contributed by atoms with E-state index in [4.69, 9.17) is 5.73 Å². The number of rotatable bonds is 2. The Kier molecular flexibility index (Phi) is 2.37. The van der Waals surface area contributed by atoms with Crippen molar-refractivity contribution in [1.82, 2.24) is 9.97 Å². The third-order valence-electron chi connectivity index (χ3n) is 2.71. The molecule has 0 amide bonds. The number of imidazole rings is 1. The molecule has 0 aliphatic rings. The third kappa shape index (κ3) is 1.86. The number of nitrogens with two attached hydrogens (primary N) is 1. The molecule has 5 heteroatoms. The molecule has 4 nitrogen and oxygen atoms in total. The molecule has 0 fully saturated rings. The number of aromatic amines is 1. The van der Waals surface area contributed by atoms with Crippen molar-refractivity contribution in [2.75, 3.05) is 11.1 Å². The maximum Gasteiger partial charge on any atom is 0.125 e. The molecular formula is C13H11FN4. The Morgan fingerprint density at radius 2 is 2.06 bits per heavy atom. The molecule has 1 heterocycles. The van der Waals surface area contributed by atoms with Gasteiger partial charge in [-0.1, -0.05) is 0 Å². The van der Waals surface area contributed by atoms with Gasteiger partial charge in [0.05, 0.1) is 28.7 Å². The van der Waals surface area contributed by atoms with Crippen molar-refractivity contribution in [3.63, 3.8) is 0 Å². The second kappa shape index (κ2) is 4.03. The van der Waals surface area contributed by atoms with Gasteiger partial charge in [0.2, 0.25) is 0 Å². The van der Waals surface area contributed by atoms with Gasteiger partial charge >= 0.3 is 0 Å². The Labute approximate surface area is 103 Å². The average Bonchev–Trinajstić information content (AvgIpc) is 2.80. The molecule has 0 aliphatic carbocycles. The molecule has 3 rings (SSSR count). The van der Waals surface area contributed by atoms with Crippen LogP contribution in [0.15, 0.2) is 42.7 Å². The normalized spacial score (nSPS) is 10.7. The molecule has 3 aromatic rings. The summed E-state index contributed by atoms with van der Waals surface area (Å²) in [4.78, 5) is 7.17. The van der Waals surface area contributed by atoms with Gasteiger partial charge in [-0.3, -0.25) is 0 Å². The quantitative estimate of drug-likeness (QED) is 0.605. The monoisotopic (exact) mass is 242 g/mol. The van der Waals surface area contributed by atoms with E-state index in [9.17, 15) is 4.39 Å². The second-order valence-corrected chi connectivity index (χ2v) is 3.99. The molecule has 0 unspecified atom stereocenters. The van der Waals surface area contributed by atoms with Crippen LogP contribution in [0.2, 0.25) is 0 Å². The van der Waals surface area contributed by atoms with Gasteiger partial charge in [-0.15, -0.1) is 0 Å². The molecule has 18 heavy (non-hydrogen) atoms. The summed E-state index contributed by atoms with van der Waals surface area (Å²) in [5, 5.41) is 3.14. The minimum atomic E-state index is -0.345. The van der Waals surface area contributed by atoms with E-state index in [1.165, 1.54) is 12.1 Å². The van der Waals surface area contributed by atoms with Crippen LogP contribution >= 0.6 is 0 Å². The Bertz CT molecular complexity index is 705. The van der Waals surface area contributed by atoms with E-state index in [0.29, 0.717) is 11.4 Å². The van der Waals surface area contributed by atoms with Crippen molar-refractivity contribution in [2.24, 2.45) is 0 Å². The first-order valence-electron chi connectivity index (χ1n) is 5.47. The summed E-state index contributed by atoms with van der Waals surface area (Å²) in [6.07, 6.45) is 1.64. The summed E-state index contributed by atoms with van der Waals surface area (Å²) < 4.78 is 12.9. The lowest BCUT2D eigenvalue weighted by molar-refractivity contribution is 0.628. The Hall–Kier alpha value is -2.56. The number of benzene rings is 2. The molecular weight excluding hydrogens is 231 g/mol. The van der Waals surface area contributed by atoms with Crippen LogP contribution in [0.1, 0.15) is 0 Å². The standard InChI is InChI=1S/C13H11FN4/c14-8-1-3-11(10(15)5-8)18-9-2-4-12-13(6-9)17-7-16-12/h1-7,18H,15H2,(H,16,17). The number of nitrogen functional groups attached to an aromatic ring is 1. The van der Waals surface area contributed by atoms with Gasteiger partial charge in [0, 0.05) is 5.69 Å². The first kappa shape index (κ1) is 10.6. The summed E-state index contributed by atoms with van der Waals surface area (Å²) in [7, 11) is 0. The van der Waals surface area contributed by atoms with Crippen molar-refractivity contribution in [3.05, 3.63) is 48.5 Å². The fourth-order valence-electron chi connectivity index (χ4n) is 1.82. The smallest absolute Gasteiger partial charge is 0.125 e. The fourth-order valence-corrected chi connectivity index (χ4v) is 1.82. The summed E-state index contributed by atoms with van der Waals surface area (Å²) in [6, 6.07) is 9.98. The van der Waals surface area contributed by atoms with Crippen molar-refractivity contribution >= 4 is 28.1 Å². The minimum absolute atomic E-state index is 0.345. The molecule has 0 saturated heterocycles. The topological polar surface area (TPSA) is 66.7 Å². The Balaban J connectivity index is 1.95. The van der Waals surface area contributed by atoms with Crippen LogP contribution in [0, 0.1) is 5.82 Å². The summed E-state index contributed by atoms with van der Waals surface area (Å²) in [6.45, 7) is 0. The van der Waals surface area contributed by atoms with Gasteiger partial charge in [0.1, 0.15) is 5.82 Å². The van der Waals surface area contributed by atoms with Crippen molar-refractivity contribution in [1.29, 1.82) is 0 Å². The summed E-state index contributed by atoms with van der Waals surface area (Å²) in [5.74, 6) is -0.345. The van der Waals surface area contributed by atoms with Crippen molar-refractivity contribution in [3.8, 4) is 0 Å². The van der Waals surface area contributed by atoms with Crippen molar-refractivity contribution < 1.29 is 4.39 Å². The van der Waals surface area contributed by atoms with Gasteiger partial charge in [0.15, 0.2) is 0 Å².